The molecule has 3 saturated carbocycles. The zero-order valence-electron chi connectivity index (χ0n) is 29.0. The fourth-order valence-electron chi connectivity index (χ4n) is 9.90. The van der Waals surface area contributed by atoms with E-state index in [0.717, 1.165) is 82.3 Å². The number of benzene rings is 2. The van der Waals surface area contributed by atoms with Crippen LogP contribution in [0.15, 0.2) is 54.1 Å². The second kappa shape index (κ2) is 14.6. The van der Waals surface area contributed by atoms with Gasteiger partial charge in [0.1, 0.15) is 11.9 Å². The summed E-state index contributed by atoms with van der Waals surface area (Å²) in [6.07, 6.45) is 14.1. The Labute approximate surface area is 293 Å². The number of para-hydroxylation sites is 1. The molecule has 2 aromatic rings. The molecule has 0 N–H and O–H groups in total. The maximum atomic E-state index is 12.4. The van der Waals surface area contributed by atoms with Gasteiger partial charge in [-0.2, -0.15) is 0 Å². The molecule has 256 valence electrons. The monoisotopic (exact) mass is 680 g/mol. The van der Waals surface area contributed by atoms with E-state index in [1.165, 1.54) is 41.4 Å². The number of ether oxygens (including phenoxy) is 1. The van der Waals surface area contributed by atoms with E-state index in [1.807, 2.05) is 6.07 Å². The van der Waals surface area contributed by atoms with Gasteiger partial charge in [0, 0.05) is 48.1 Å². The largest absolute Gasteiger partial charge is 0.462 e. The molecule has 0 saturated heterocycles. The van der Waals surface area contributed by atoms with Crippen molar-refractivity contribution in [2.45, 2.75) is 97.5 Å². The smallest absolute Gasteiger partial charge is 0.302 e. The first kappa shape index (κ1) is 36.0. The van der Waals surface area contributed by atoms with E-state index in [4.69, 9.17) is 16.3 Å². The summed E-state index contributed by atoms with van der Waals surface area (Å²) in [5.74, 6) is 2.33. The Hall–Kier alpha value is -2.34. The number of Topliss-reactive ketones (excluding diaryl/α,β-unsaturated/α-hetero) is 1. The molecule has 7 heteroatoms. The highest BCUT2D eigenvalue weighted by atomic mass is 35.5. The van der Waals surface area contributed by atoms with Crippen molar-refractivity contribution in [3.8, 4) is 0 Å². The maximum absolute atomic E-state index is 12.4. The van der Waals surface area contributed by atoms with Gasteiger partial charge in [0.25, 0.3) is 0 Å². The van der Waals surface area contributed by atoms with Crippen LogP contribution in [0, 0.1) is 28.6 Å². The fourth-order valence-corrected chi connectivity index (χ4v) is 10.1. The van der Waals surface area contributed by atoms with Crippen LogP contribution in [0.5, 0.6) is 0 Å². The van der Waals surface area contributed by atoms with Gasteiger partial charge in [-0.05, 0) is 131 Å². The van der Waals surface area contributed by atoms with Gasteiger partial charge in [0.15, 0.2) is 0 Å². The lowest BCUT2D eigenvalue weighted by molar-refractivity contribution is -0.148. The predicted molar refractivity (Wildman–Crippen MR) is 195 cm³/mol. The summed E-state index contributed by atoms with van der Waals surface area (Å²) in [6.45, 7) is 8.30. The number of nitrogens with zero attached hydrogens (tertiary/aromatic N) is 2. The molecule has 6 atom stereocenters. The lowest BCUT2D eigenvalue weighted by Gasteiger charge is -2.56. The molecule has 4 aliphatic carbocycles. The van der Waals surface area contributed by atoms with Crippen LogP contribution in [-0.4, -0.2) is 49.9 Å². The van der Waals surface area contributed by atoms with E-state index in [-0.39, 0.29) is 35.3 Å². The summed E-state index contributed by atoms with van der Waals surface area (Å²) in [4.78, 5) is 28.4. The highest BCUT2D eigenvalue weighted by Gasteiger charge is 2.58. The Kier molecular flexibility index (Phi) is 11.2. The quantitative estimate of drug-likeness (QED) is 0.233. The molecular formula is C40H54Cl2N2O3. The van der Waals surface area contributed by atoms with E-state index in [1.54, 1.807) is 0 Å². The van der Waals surface area contributed by atoms with Gasteiger partial charge < -0.3 is 14.5 Å². The second-order valence-corrected chi connectivity index (χ2v) is 15.8. The molecule has 0 radical (unpaired) electrons. The van der Waals surface area contributed by atoms with Crippen molar-refractivity contribution in [1.82, 2.24) is 4.90 Å². The van der Waals surface area contributed by atoms with Gasteiger partial charge in [-0.15, -0.1) is 12.4 Å². The Morgan fingerprint density at radius 2 is 1.66 bits per heavy atom. The minimum atomic E-state index is -0.157. The fraction of sp³-hybridized carbons (Fsp3) is 0.600. The topological polar surface area (TPSA) is 49.9 Å². The number of carbonyl (C=O) groups excluding carboxylic acids is 2. The van der Waals surface area contributed by atoms with Crippen molar-refractivity contribution >= 4 is 47.1 Å². The number of aryl methyl sites for hydroxylation is 2. The number of esters is 1. The van der Waals surface area contributed by atoms with Crippen LogP contribution in [0.2, 0.25) is 5.02 Å². The molecule has 0 aromatic heterocycles. The summed E-state index contributed by atoms with van der Waals surface area (Å²) < 4.78 is 5.50. The van der Waals surface area contributed by atoms with Crippen molar-refractivity contribution in [3.05, 3.63) is 70.3 Å². The zero-order valence-corrected chi connectivity index (χ0v) is 30.6. The van der Waals surface area contributed by atoms with Crippen molar-refractivity contribution in [2.24, 2.45) is 28.6 Å². The number of allylic oxidation sites excluding steroid dienone is 1. The molecule has 3 fully saturated rings. The molecule has 0 amide bonds. The SMILES string of the molecule is CC(=O)OC1CCC2(C)C(=CCC3C4CCC(=O)C4(C)CCC32)C1.CN(C)CCCN1c2ccccc2CCc2ccc(Cl)cc21.Cl. The number of anilines is 2. The van der Waals surface area contributed by atoms with E-state index in [0.29, 0.717) is 23.5 Å². The molecular weight excluding hydrogens is 627 g/mol. The summed E-state index contributed by atoms with van der Waals surface area (Å²) in [7, 11) is 4.25. The maximum Gasteiger partial charge on any atom is 0.302 e. The van der Waals surface area contributed by atoms with E-state index >= 15 is 0 Å². The van der Waals surface area contributed by atoms with E-state index in [2.05, 4.69) is 80.2 Å². The third-order valence-electron chi connectivity index (χ3n) is 12.4. The first-order chi connectivity index (χ1) is 22.0. The molecule has 5 nitrogen and oxygen atoms in total. The van der Waals surface area contributed by atoms with Crippen molar-refractivity contribution in [3.63, 3.8) is 0 Å². The highest BCUT2D eigenvalue weighted by molar-refractivity contribution is 6.30. The Balaban J connectivity index is 0.000000181. The van der Waals surface area contributed by atoms with Crippen LogP contribution in [0.4, 0.5) is 11.4 Å². The number of hydrogen-bond donors (Lipinski definition) is 0. The molecule has 7 rings (SSSR count). The first-order valence-corrected chi connectivity index (χ1v) is 18.1. The van der Waals surface area contributed by atoms with Crippen LogP contribution >= 0.6 is 24.0 Å². The van der Waals surface area contributed by atoms with Crippen LogP contribution in [-0.2, 0) is 27.2 Å². The van der Waals surface area contributed by atoms with Gasteiger partial charge in [-0.25, -0.2) is 0 Å². The molecule has 5 aliphatic rings. The first-order valence-electron chi connectivity index (χ1n) is 17.7. The molecule has 0 bridgehead atoms. The molecule has 47 heavy (non-hydrogen) atoms. The summed E-state index contributed by atoms with van der Waals surface area (Å²) in [5, 5.41) is 0.816. The van der Waals surface area contributed by atoms with Gasteiger partial charge in [0.05, 0.1) is 0 Å². The predicted octanol–water partition coefficient (Wildman–Crippen LogP) is 9.40. The molecule has 1 heterocycles. The van der Waals surface area contributed by atoms with Crippen LogP contribution < -0.4 is 4.90 Å². The summed E-state index contributed by atoms with van der Waals surface area (Å²) >= 11 is 6.27. The van der Waals surface area contributed by atoms with Gasteiger partial charge in [-0.1, -0.05) is 61.4 Å². The van der Waals surface area contributed by atoms with Crippen LogP contribution in [0.1, 0.15) is 89.7 Å². The van der Waals surface area contributed by atoms with Crippen LogP contribution in [0.3, 0.4) is 0 Å². The van der Waals surface area contributed by atoms with Gasteiger partial charge in [0.2, 0.25) is 0 Å². The third-order valence-corrected chi connectivity index (χ3v) is 12.6. The Bertz CT molecular complexity index is 1490. The van der Waals surface area contributed by atoms with Crippen molar-refractivity contribution in [2.75, 3.05) is 32.1 Å². The van der Waals surface area contributed by atoms with Gasteiger partial charge in [-0.3, -0.25) is 9.59 Å². The minimum Gasteiger partial charge on any atom is -0.462 e. The standard InChI is InChI=1S/C21H30O3.C19H23ClN2.ClH/c1-13(22)24-15-8-10-20(2)14(12-15)4-5-16-17-6-7-19(23)21(17,3)11-9-18(16)20;1-21(2)12-5-13-22-18-7-4-3-6-15(18)8-9-16-10-11-17(20)14-19(16)22;/h4,15-18H,5-12H2,1-3H3;3-4,6-7,10-11,14H,5,8-9,12-13H2,1-2H3;1H. The molecule has 2 aromatic carbocycles. The number of halogens is 2. The van der Waals surface area contributed by atoms with E-state index in [9.17, 15) is 9.59 Å². The van der Waals surface area contributed by atoms with Crippen LogP contribution in [0.25, 0.3) is 0 Å². The molecule has 6 unspecified atom stereocenters. The van der Waals surface area contributed by atoms with Gasteiger partial charge >= 0.3 is 5.97 Å². The average Bonchev–Trinajstić information content (AvgIpc) is 3.24. The lowest BCUT2D eigenvalue weighted by atomic mass is 9.48. The number of carbonyl (C=O) groups is 2. The summed E-state index contributed by atoms with van der Waals surface area (Å²) in [5.41, 5.74) is 7.17. The normalized spacial score (nSPS) is 30.6. The second-order valence-electron chi connectivity index (χ2n) is 15.4. The lowest BCUT2D eigenvalue weighted by Crippen LogP contribution is -2.50. The molecule has 0 spiro atoms. The van der Waals surface area contributed by atoms with Crippen molar-refractivity contribution < 1.29 is 14.3 Å². The summed E-state index contributed by atoms with van der Waals surface area (Å²) in [6, 6.07) is 15.1. The van der Waals surface area contributed by atoms with E-state index < -0.39 is 0 Å². The number of hydrogen-bond acceptors (Lipinski definition) is 5. The average molecular weight is 682 g/mol. The van der Waals surface area contributed by atoms with Crippen molar-refractivity contribution in [1.29, 1.82) is 0 Å². The third kappa shape index (κ3) is 7.19. The Morgan fingerprint density at radius 1 is 0.957 bits per heavy atom. The zero-order chi connectivity index (χ0) is 32.6. The minimum absolute atomic E-state index is 0. The number of ketones is 1. The number of rotatable bonds is 5. The Morgan fingerprint density at radius 3 is 2.40 bits per heavy atom. The highest BCUT2D eigenvalue weighted by Crippen LogP contribution is 2.64. The molecule has 1 aliphatic heterocycles. The number of fused-ring (bicyclic) bond motifs is 7.